The van der Waals surface area contributed by atoms with E-state index in [-0.39, 0.29) is 5.78 Å². The molecule has 1 aromatic heterocycles. The third kappa shape index (κ3) is 6.19. The monoisotopic (exact) mass is 586 g/mol. The van der Waals surface area contributed by atoms with E-state index in [0.717, 1.165) is 37.7 Å². The van der Waals surface area contributed by atoms with Gasteiger partial charge in [-0.2, -0.15) is 11.3 Å². The van der Waals surface area contributed by atoms with Gasteiger partial charge in [0.2, 0.25) is 0 Å². The SMILES string of the molecule is O=C(c1ccc(CN2C[C@@H]3C[C@H]2CN3Cc2ccc(Oc3ccc(-c4ccsc4)cc3)cc2)cc1)C(O)c1ccccc1. The molecule has 0 radical (unpaired) electrons. The molecule has 2 saturated heterocycles. The third-order valence-electron chi connectivity index (χ3n) is 8.71. The number of thiophene rings is 1. The Morgan fingerprint density at radius 3 is 1.88 bits per heavy atom. The fraction of sp³-hybridized carbons (Fsp3) is 0.216. The number of carbonyl (C=O) groups is 1. The van der Waals surface area contributed by atoms with Crippen LogP contribution >= 0.6 is 11.3 Å². The van der Waals surface area contributed by atoms with Gasteiger partial charge in [0.25, 0.3) is 0 Å². The number of fused-ring (bicyclic) bond motifs is 2. The van der Waals surface area contributed by atoms with Gasteiger partial charge in [0, 0.05) is 43.8 Å². The van der Waals surface area contributed by atoms with Gasteiger partial charge in [0.05, 0.1) is 0 Å². The number of nitrogens with zero attached hydrogens (tertiary/aromatic N) is 2. The Balaban J connectivity index is 0.896. The third-order valence-corrected chi connectivity index (χ3v) is 9.39. The normalized spacial score (nSPS) is 19.0. The van der Waals surface area contributed by atoms with Crippen molar-refractivity contribution in [3.05, 3.63) is 142 Å². The summed E-state index contributed by atoms with van der Waals surface area (Å²) < 4.78 is 6.10. The minimum absolute atomic E-state index is 0.267. The summed E-state index contributed by atoms with van der Waals surface area (Å²) in [7, 11) is 0. The molecule has 0 saturated carbocycles. The lowest BCUT2D eigenvalue weighted by Crippen LogP contribution is -2.45. The van der Waals surface area contributed by atoms with Crippen LogP contribution in [0.15, 0.2) is 120 Å². The summed E-state index contributed by atoms with van der Waals surface area (Å²) in [6.07, 6.45) is 0.0627. The van der Waals surface area contributed by atoms with Gasteiger partial charge in [-0.15, -0.1) is 0 Å². The minimum atomic E-state index is -1.13. The van der Waals surface area contributed by atoms with Crippen molar-refractivity contribution in [2.75, 3.05) is 13.1 Å². The zero-order valence-electron chi connectivity index (χ0n) is 23.9. The van der Waals surface area contributed by atoms with Gasteiger partial charge in [0.15, 0.2) is 5.78 Å². The number of hydrogen-bond donors (Lipinski definition) is 1. The van der Waals surface area contributed by atoms with E-state index >= 15 is 0 Å². The first-order chi connectivity index (χ1) is 21.1. The lowest BCUT2D eigenvalue weighted by atomic mass is 9.99. The van der Waals surface area contributed by atoms with Crippen molar-refractivity contribution >= 4 is 17.1 Å². The molecule has 43 heavy (non-hydrogen) atoms. The molecule has 1 unspecified atom stereocenters. The van der Waals surface area contributed by atoms with Crippen LogP contribution in [0, 0.1) is 0 Å². The molecule has 0 aliphatic carbocycles. The smallest absolute Gasteiger partial charge is 0.195 e. The zero-order chi connectivity index (χ0) is 29.2. The van der Waals surface area contributed by atoms with E-state index in [0.29, 0.717) is 23.2 Å². The van der Waals surface area contributed by atoms with E-state index in [1.165, 1.54) is 28.7 Å². The molecule has 0 spiro atoms. The molecule has 5 nitrogen and oxygen atoms in total. The number of hydrogen-bond acceptors (Lipinski definition) is 6. The molecule has 4 aromatic carbocycles. The summed E-state index contributed by atoms with van der Waals surface area (Å²) in [5, 5.41) is 14.7. The van der Waals surface area contributed by atoms with Gasteiger partial charge in [-0.05, 0) is 75.3 Å². The fourth-order valence-electron chi connectivity index (χ4n) is 6.35. The number of aliphatic hydroxyl groups excluding tert-OH is 1. The molecule has 1 N–H and O–H groups in total. The average Bonchev–Trinajstić information content (AvgIpc) is 3.81. The van der Waals surface area contributed by atoms with Crippen LogP contribution in [0.3, 0.4) is 0 Å². The number of benzene rings is 4. The maximum atomic E-state index is 12.8. The highest BCUT2D eigenvalue weighted by Gasteiger charge is 2.42. The van der Waals surface area contributed by atoms with Crippen LogP contribution in [0.2, 0.25) is 0 Å². The number of piperazine rings is 1. The number of carbonyl (C=O) groups excluding carboxylic acids is 1. The first-order valence-electron chi connectivity index (χ1n) is 14.8. The second-order valence-electron chi connectivity index (χ2n) is 11.6. The van der Waals surface area contributed by atoms with Crippen molar-refractivity contribution < 1.29 is 14.6 Å². The van der Waals surface area contributed by atoms with Crippen molar-refractivity contribution in [1.82, 2.24) is 9.80 Å². The second-order valence-corrected chi connectivity index (χ2v) is 12.3. The molecular formula is C37H34N2O3S. The van der Waals surface area contributed by atoms with E-state index in [1.807, 2.05) is 54.6 Å². The van der Waals surface area contributed by atoms with Gasteiger partial charge in [0.1, 0.15) is 17.6 Å². The van der Waals surface area contributed by atoms with E-state index in [1.54, 1.807) is 23.5 Å². The molecule has 6 heteroatoms. The number of ether oxygens (including phenoxy) is 1. The molecule has 3 heterocycles. The maximum absolute atomic E-state index is 12.8. The van der Waals surface area contributed by atoms with Crippen LogP contribution in [0.4, 0.5) is 0 Å². The highest BCUT2D eigenvalue weighted by molar-refractivity contribution is 7.08. The van der Waals surface area contributed by atoms with E-state index < -0.39 is 6.10 Å². The van der Waals surface area contributed by atoms with Crippen LogP contribution in [0.25, 0.3) is 11.1 Å². The Morgan fingerprint density at radius 2 is 1.33 bits per heavy atom. The van der Waals surface area contributed by atoms with Gasteiger partial charge in [-0.25, -0.2) is 0 Å². The molecule has 3 atom stereocenters. The van der Waals surface area contributed by atoms with Crippen molar-refractivity contribution in [1.29, 1.82) is 0 Å². The Hall–Kier alpha value is -4.07. The maximum Gasteiger partial charge on any atom is 0.195 e. The number of ketones is 1. The fourth-order valence-corrected chi connectivity index (χ4v) is 7.02. The predicted molar refractivity (Wildman–Crippen MR) is 171 cm³/mol. The summed E-state index contributed by atoms with van der Waals surface area (Å²) in [4.78, 5) is 17.9. The lowest BCUT2D eigenvalue weighted by Gasteiger charge is -2.34. The highest BCUT2D eigenvalue weighted by atomic mass is 32.1. The van der Waals surface area contributed by atoms with Gasteiger partial charge < -0.3 is 9.84 Å². The van der Waals surface area contributed by atoms with Crippen LogP contribution in [0.5, 0.6) is 11.5 Å². The molecular weight excluding hydrogens is 552 g/mol. The molecule has 2 bridgehead atoms. The molecule has 2 aliphatic rings. The molecule has 2 fully saturated rings. The Labute approximate surface area is 256 Å². The molecule has 5 aromatic rings. The second kappa shape index (κ2) is 12.3. The Kier molecular flexibility index (Phi) is 7.92. The topological polar surface area (TPSA) is 53.0 Å². The van der Waals surface area contributed by atoms with Crippen molar-refractivity contribution in [2.24, 2.45) is 0 Å². The van der Waals surface area contributed by atoms with E-state index in [4.69, 9.17) is 4.74 Å². The minimum Gasteiger partial charge on any atom is -0.457 e. The summed E-state index contributed by atoms with van der Waals surface area (Å²) >= 11 is 1.71. The zero-order valence-corrected chi connectivity index (χ0v) is 24.7. The first kappa shape index (κ1) is 27.7. The average molecular weight is 587 g/mol. The standard InChI is InChI=1S/C37H34N2O3S/c40-36(29-4-2-1-3-5-29)37(41)30-10-6-26(7-11-30)21-38-23-33-20-32(38)24-39(33)22-27-8-14-34(15-9-27)42-35-16-12-28(13-17-35)31-18-19-43-25-31/h1-19,25,32-33,36,40H,20-24H2/t32-,33-,36?/m0/s1. The summed E-state index contributed by atoms with van der Waals surface area (Å²) in [5.41, 5.74) is 6.10. The van der Waals surface area contributed by atoms with E-state index in [9.17, 15) is 9.90 Å². The molecule has 0 amide bonds. The van der Waals surface area contributed by atoms with Crippen molar-refractivity contribution in [2.45, 2.75) is 37.7 Å². The molecule has 2 aliphatic heterocycles. The van der Waals surface area contributed by atoms with Gasteiger partial charge in [-0.3, -0.25) is 14.6 Å². The Morgan fingerprint density at radius 1 is 0.744 bits per heavy atom. The van der Waals surface area contributed by atoms with E-state index in [2.05, 4.69) is 63.0 Å². The van der Waals surface area contributed by atoms with Gasteiger partial charge >= 0.3 is 0 Å². The van der Waals surface area contributed by atoms with Crippen molar-refractivity contribution in [3.8, 4) is 22.6 Å². The number of Topliss-reactive ketones (excluding diaryl/α,β-unsaturated/α-hetero) is 1. The lowest BCUT2D eigenvalue weighted by molar-refractivity contribution is 0.0747. The highest BCUT2D eigenvalue weighted by Crippen LogP contribution is 2.34. The molecule has 216 valence electrons. The summed E-state index contributed by atoms with van der Waals surface area (Å²) in [6, 6.07) is 36.8. The van der Waals surface area contributed by atoms with Crippen LogP contribution in [-0.2, 0) is 13.1 Å². The van der Waals surface area contributed by atoms with Crippen LogP contribution < -0.4 is 4.74 Å². The Bertz CT molecular complexity index is 1650. The number of rotatable bonds is 10. The molecule has 7 rings (SSSR count). The first-order valence-corrected chi connectivity index (χ1v) is 15.8. The summed E-state index contributed by atoms with van der Waals surface area (Å²) in [5.74, 6) is 1.43. The van der Waals surface area contributed by atoms with Crippen LogP contribution in [0.1, 0.15) is 39.6 Å². The van der Waals surface area contributed by atoms with Crippen molar-refractivity contribution in [3.63, 3.8) is 0 Å². The number of likely N-dealkylation sites (tertiary alicyclic amines) is 2. The summed E-state index contributed by atoms with van der Waals surface area (Å²) in [6.45, 7) is 3.95. The van der Waals surface area contributed by atoms with Crippen LogP contribution in [-0.4, -0.2) is 45.9 Å². The largest absolute Gasteiger partial charge is 0.457 e. The van der Waals surface area contributed by atoms with Gasteiger partial charge in [-0.1, -0.05) is 78.9 Å². The predicted octanol–water partition coefficient (Wildman–Crippen LogP) is 7.58. The quantitative estimate of drug-likeness (QED) is 0.171. The number of aliphatic hydroxyl groups is 1.